The molecule has 0 saturated heterocycles. The van der Waals surface area contributed by atoms with Crippen LogP contribution in [0, 0.1) is 11.3 Å². The van der Waals surface area contributed by atoms with Crippen LogP contribution in [0.2, 0.25) is 0 Å². The van der Waals surface area contributed by atoms with Crippen LogP contribution in [0.3, 0.4) is 0 Å². The molecule has 1 aliphatic heterocycles. The Bertz CT molecular complexity index is 456. The summed E-state index contributed by atoms with van der Waals surface area (Å²) in [6, 6.07) is 2.34. The second kappa shape index (κ2) is 6.80. The van der Waals surface area contributed by atoms with Gasteiger partial charge in [-0.05, 0) is 54.1 Å². The van der Waals surface area contributed by atoms with Gasteiger partial charge in [-0.3, -0.25) is 4.90 Å². The fourth-order valence-corrected chi connectivity index (χ4v) is 5.32. The lowest BCUT2D eigenvalue weighted by Gasteiger charge is -2.44. The standard InChI is InChI=1S/C18H30N2S/c1-3-19-13-18(8-4-5-15(2)11-18)14-20-9-6-17-16(12-20)7-10-21-17/h7,10,15,19H,3-6,8-9,11-14H2,1-2H3. The molecule has 0 amide bonds. The van der Waals surface area contributed by atoms with E-state index in [9.17, 15) is 0 Å². The molecule has 3 heteroatoms. The summed E-state index contributed by atoms with van der Waals surface area (Å²) in [5.41, 5.74) is 2.11. The topological polar surface area (TPSA) is 15.3 Å². The number of hydrogen-bond donors (Lipinski definition) is 1. The summed E-state index contributed by atoms with van der Waals surface area (Å²) in [7, 11) is 0. The molecule has 21 heavy (non-hydrogen) atoms. The van der Waals surface area contributed by atoms with Crippen LogP contribution in [0.4, 0.5) is 0 Å². The number of nitrogens with zero attached hydrogens (tertiary/aromatic N) is 1. The van der Waals surface area contributed by atoms with Crippen molar-refractivity contribution in [3.05, 3.63) is 21.9 Å². The lowest BCUT2D eigenvalue weighted by molar-refractivity contribution is 0.0743. The maximum atomic E-state index is 3.66. The van der Waals surface area contributed by atoms with E-state index in [0.29, 0.717) is 5.41 Å². The molecule has 2 atom stereocenters. The molecule has 1 saturated carbocycles. The van der Waals surface area contributed by atoms with Crippen molar-refractivity contribution in [1.82, 2.24) is 10.2 Å². The Morgan fingerprint density at radius 1 is 1.48 bits per heavy atom. The third-order valence-corrected chi connectivity index (χ3v) is 6.40. The van der Waals surface area contributed by atoms with Gasteiger partial charge in [-0.2, -0.15) is 0 Å². The molecule has 1 aliphatic carbocycles. The van der Waals surface area contributed by atoms with Crippen molar-refractivity contribution in [3.63, 3.8) is 0 Å². The van der Waals surface area contributed by atoms with Gasteiger partial charge >= 0.3 is 0 Å². The molecule has 1 aromatic heterocycles. The fourth-order valence-electron chi connectivity index (χ4n) is 4.44. The Kier molecular flexibility index (Phi) is 5.03. The van der Waals surface area contributed by atoms with Gasteiger partial charge in [0.1, 0.15) is 0 Å². The van der Waals surface area contributed by atoms with Crippen LogP contribution in [0.15, 0.2) is 11.4 Å². The maximum absolute atomic E-state index is 3.66. The van der Waals surface area contributed by atoms with Crippen LogP contribution in [-0.2, 0) is 13.0 Å². The summed E-state index contributed by atoms with van der Waals surface area (Å²) in [5, 5.41) is 5.93. The van der Waals surface area contributed by atoms with Crippen LogP contribution in [-0.4, -0.2) is 31.1 Å². The van der Waals surface area contributed by atoms with E-state index in [4.69, 9.17) is 0 Å². The van der Waals surface area contributed by atoms with E-state index < -0.39 is 0 Å². The van der Waals surface area contributed by atoms with Crippen molar-refractivity contribution in [1.29, 1.82) is 0 Å². The van der Waals surface area contributed by atoms with Crippen LogP contribution >= 0.6 is 11.3 Å². The maximum Gasteiger partial charge on any atom is 0.0245 e. The molecular formula is C18H30N2S. The number of hydrogen-bond acceptors (Lipinski definition) is 3. The molecule has 3 rings (SSSR count). The minimum Gasteiger partial charge on any atom is -0.316 e. The van der Waals surface area contributed by atoms with Crippen LogP contribution in [0.25, 0.3) is 0 Å². The van der Waals surface area contributed by atoms with E-state index in [2.05, 4.69) is 35.5 Å². The second-order valence-electron chi connectivity index (χ2n) is 7.31. The van der Waals surface area contributed by atoms with Crippen molar-refractivity contribution in [3.8, 4) is 0 Å². The molecule has 118 valence electrons. The predicted molar refractivity (Wildman–Crippen MR) is 91.9 cm³/mol. The molecule has 0 aromatic carbocycles. The van der Waals surface area contributed by atoms with Gasteiger partial charge in [0.15, 0.2) is 0 Å². The van der Waals surface area contributed by atoms with E-state index in [-0.39, 0.29) is 0 Å². The Morgan fingerprint density at radius 2 is 2.38 bits per heavy atom. The zero-order chi connectivity index (χ0) is 14.7. The SMILES string of the molecule is CCNCC1(CN2CCc3sccc3C2)CCCC(C)C1. The summed E-state index contributed by atoms with van der Waals surface area (Å²) >= 11 is 1.95. The molecule has 0 bridgehead atoms. The lowest BCUT2D eigenvalue weighted by atomic mass is 9.69. The number of thiophene rings is 1. The zero-order valence-corrected chi connectivity index (χ0v) is 14.5. The van der Waals surface area contributed by atoms with Gasteiger partial charge in [0.05, 0.1) is 0 Å². The van der Waals surface area contributed by atoms with Gasteiger partial charge in [-0.25, -0.2) is 0 Å². The minimum absolute atomic E-state index is 0.515. The first-order valence-corrected chi connectivity index (χ1v) is 9.57. The zero-order valence-electron chi connectivity index (χ0n) is 13.7. The number of rotatable bonds is 5. The van der Waals surface area contributed by atoms with Crippen molar-refractivity contribution >= 4 is 11.3 Å². The first-order valence-electron chi connectivity index (χ1n) is 8.69. The molecule has 2 aliphatic rings. The summed E-state index contributed by atoms with van der Waals surface area (Å²) in [4.78, 5) is 4.36. The summed E-state index contributed by atoms with van der Waals surface area (Å²) < 4.78 is 0. The molecule has 0 spiro atoms. The van der Waals surface area contributed by atoms with Crippen LogP contribution in [0.5, 0.6) is 0 Å². The van der Waals surface area contributed by atoms with Crippen molar-refractivity contribution in [2.24, 2.45) is 11.3 Å². The molecule has 2 heterocycles. The van der Waals surface area contributed by atoms with E-state index in [1.54, 1.807) is 10.4 Å². The third-order valence-electron chi connectivity index (χ3n) is 5.38. The predicted octanol–water partition coefficient (Wildman–Crippen LogP) is 3.91. The molecule has 2 nitrogen and oxygen atoms in total. The Balaban J connectivity index is 1.67. The summed E-state index contributed by atoms with van der Waals surface area (Å²) in [6.45, 7) is 10.7. The molecule has 1 N–H and O–H groups in total. The molecular weight excluding hydrogens is 276 g/mol. The highest BCUT2D eigenvalue weighted by atomic mass is 32.1. The van der Waals surface area contributed by atoms with E-state index in [0.717, 1.165) is 12.5 Å². The first kappa shape index (κ1) is 15.5. The Labute approximate surface area is 133 Å². The largest absolute Gasteiger partial charge is 0.316 e. The minimum atomic E-state index is 0.515. The normalized spacial score (nSPS) is 30.3. The fraction of sp³-hybridized carbons (Fsp3) is 0.778. The molecule has 1 fully saturated rings. The first-order chi connectivity index (χ1) is 10.2. The van der Waals surface area contributed by atoms with Crippen molar-refractivity contribution in [2.75, 3.05) is 26.2 Å². The molecule has 2 unspecified atom stereocenters. The van der Waals surface area contributed by atoms with Gasteiger partial charge in [0.2, 0.25) is 0 Å². The monoisotopic (exact) mass is 306 g/mol. The van der Waals surface area contributed by atoms with Crippen molar-refractivity contribution in [2.45, 2.75) is 52.5 Å². The summed E-state index contributed by atoms with van der Waals surface area (Å²) in [5.74, 6) is 0.902. The highest BCUT2D eigenvalue weighted by Crippen LogP contribution is 2.40. The van der Waals surface area contributed by atoms with Gasteiger partial charge < -0.3 is 5.32 Å². The summed E-state index contributed by atoms with van der Waals surface area (Å²) in [6.07, 6.45) is 6.94. The Morgan fingerprint density at radius 3 is 3.19 bits per heavy atom. The van der Waals surface area contributed by atoms with Crippen LogP contribution in [0.1, 0.15) is 50.0 Å². The van der Waals surface area contributed by atoms with Gasteiger partial charge in [0.25, 0.3) is 0 Å². The smallest absolute Gasteiger partial charge is 0.0245 e. The lowest BCUT2D eigenvalue weighted by Crippen LogP contribution is -2.47. The van der Waals surface area contributed by atoms with Gasteiger partial charge in [-0.1, -0.05) is 26.7 Å². The second-order valence-corrected chi connectivity index (χ2v) is 8.31. The van der Waals surface area contributed by atoms with Gasteiger partial charge in [0, 0.05) is 31.1 Å². The molecule has 1 aromatic rings. The van der Waals surface area contributed by atoms with E-state index in [1.807, 2.05) is 11.3 Å². The highest BCUT2D eigenvalue weighted by molar-refractivity contribution is 7.10. The van der Waals surface area contributed by atoms with E-state index >= 15 is 0 Å². The number of fused-ring (bicyclic) bond motifs is 1. The average molecular weight is 307 g/mol. The van der Waals surface area contributed by atoms with E-state index in [1.165, 1.54) is 58.3 Å². The molecule has 0 radical (unpaired) electrons. The van der Waals surface area contributed by atoms with Gasteiger partial charge in [-0.15, -0.1) is 11.3 Å². The number of nitrogens with one attached hydrogen (secondary N) is 1. The average Bonchev–Trinajstić information content (AvgIpc) is 2.93. The quantitative estimate of drug-likeness (QED) is 0.887. The highest BCUT2D eigenvalue weighted by Gasteiger charge is 2.36. The third kappa shape index (κ3) is 3.69. The van der Waals surface area contributed by atoms with Crippen molar-refractivity contribution < 1.29 is 0 Å². The Hall–Kier alpha value is -0.380. The van der Waals surface area contributed by atoms with Crippen LogP contribution < -0.4 is 5.32 Å².